The maximum absolute atomic E-state index is 10.5. The Balaban J connectivity index is 2.07. The molecule has 1 aliphatic rings. The van der Waals surface area contributed by atoms with Gasteiger partial charge < -0.3 is 10.6 Å². The molecule has 1 aliphatic heterocycles. The molecule has 4 heteroatoms. The van der Waals surface area contributed by atoms with Crippen LogP contribution < -0.4 is 10.6 Å². The van der Waals surface area contributed by atoms with E-state index in [1.54, 1.807) is 6.92 Å². The predicted octanol–water partition coefficient (Wildman–Crippen LogP) is -0.486. The lowest BCUT2D eigenvalue weighted by Crippen LogP contribution is -2.34. The number of Topliss-reactive ketones (excluding diaryl/α,β-unsaturated/α-hetero) is 1. The summed E-state index contributed by atoms with van der Waals surface area (Å²) in [7, 11) is 0. The smallest absolute Gasteiger partial charge is 0.191 e. The van der Waals surface area contributed by atoms with Crippen LogP contribution in [0.1, 0.15) is 13.3 Å². The number of carbonyl (C=O) groups excluding carboxylic acids is 1. The van der Waals surface area contributed by atoms with Crippen molar-refractivity contribution < 1.29 is 4.79 Å². The maximum atomic E-state index is 10.5. The van der Waals surface area contributed by atoms with Crippen LogP contribution >= 0.6 is 0 Å². The van der Waals surface area contributed by atoms with Crippen LogP contribution in [0, 0.1) is 0 Å². The zero-order valence-corrected chi connectivity index (χ0v) is 6.68. The van der Waals surface area contributed by atoms with E-state index in [0.29, 0.717) is 13.0 Å². The summed E-state index contributed by atoms with van der Waals surface area (Å²) in [5.74, 6) is 1.03. The molecule has 0 saturated heterocycles. The SMILES string of the molecule is CC(=O)CCNC1=NCCN1. The lowest BCUT2D eigenvalue weighted by molar-refractivity contribution is -0.116. The van der Waals surface area contributed by atoms with E-state index in [4.69, 9.17) is 0 Å². The zero-order valence-electron chi connectivity index (χ0n) is 6.68. The van der Waals surface area contributed by atoms with Gasteiger partial charge in [-0.2, -0.15) is 0 Å². The highest BCUT2D eigenvalue weighted by Crippen LogP contribution is 1.83. The van der Waals surface area contributed by atoms with E-state index in [9.17, 15) is 4.79 Å². The minimum Gasteiger partial charge on any atom is -0.356 e. The molecule has 62 valence electrons. The van der Waals surface area contributed by atoms with Gasteiger partial charge in [0.2, 0.25) is 0 Å². The molecule has 0 aromatic rings. The molecule has 0 atom stereocenters. The second-order valence-electron chi connectivity index (χ2n) is 2.54. The molecule has 4 nitrogen and oxygen atoms in total. The molecule has 0 aromatic heterocycles. The largest absolute Gasteiger partial charge is 0.356 e. The summed E-state index contributed by atoms with van der Waals surface area (Å²) >= 11 is 0. The van der Waals surface area contributed by atoms with E-state index >= 15 is 0 Å². The molecule has 2 N–H and O–H groups in total. The van der Waals surface area contributed by atoms with Crippen molar-refractivity contribution in [2.24, 2.45) is 4.99 Å². The molecule has 11 heavy (non-hydrogen) atoms. The molecule has 0 unspecified atom stereocenters. The Labute approximate surface area is 66.1 Å². The quantitative estimate of drug-likeness (QED) is 0.578. The van der Waals surface area contributed by atoms with Crippen LogP contribution in [0.2, 0.25) is 0 Å². The summed E-state index contributed by atoms with van der Waals surface area (Å²) in [4.78, 5) is 14.6. The average Bonchev–Trinajstić information content (AvgIpc) is 2.39. The Morgan fingerprint density at radius 2 is 2.64 bits per heavy atom. The molecule has 0 fully saturated rings. The minimum absolute atomic E-state index is 0.205. The van der Waals surface area contributed by atoms with Crippen molar-refractivity contribution in [3.05, 3.63) is 0 Å². The van der Waals surface area contributed by atoms with Gasteiger partial charge in [0, 0.05) is 19.5 Å². The van der Waals surface area contributed by atoms with Gasteiger partial charge in [0.15, 0.2) is 5.96 Å². The van der Waals surface area contributed by atoms with Gasteiger partial charge >= 0.3 is 0 Å². The highest BCUT2D eigenvalue weighted by Gasteiger charge is 2.02. The minimum atomic E-state index is 0.205. The molecule has 0 saturated carbocycles. The number of rotatable bonds is 3. The van der Waals surface area contributed by atoms with Crippen molar-refractivity contribution in [3.8, 4) is 0 Å². The summed E-state index contributed by atoms with van der Waals surface area (Å²) in [6, 6.07) is 0. The Morgan fingerprint density at radius 1 is 1.82 bits per heavy atom. The monoisotopic (exact) mass is 155 g/mol. The standard InChI is InChI=1S/C7H13N3O/c1-6(11)2-3-8-7-9-4-5-10-7/h2-5H2,1H3,(H2,8,9,10). The van der Waals surface area contributed by atoms with Crippen molar-refractivity contribution >= 4 is 11.7 Å². The summed E-state index contributed by atoms with van der Waals surface area (Å²) in [6.07, 6.45) is 0.570. The third-order valence-electron chi connectivity index (χ3n) is 1.44. The van der Waals surface area contributed by atoms with Gasteiger partial charge in [0.05, 0.1) is 6.54 Å². The lowest BCUT2D eigenvalue weighted by Gasteiger charge is -2.03. The predicted molar refractivity (Wildman–Crippen MR) is 43.6 cm³/mol. The van der Waals surface area contributed by atoms with Gasteiger partial charge in [0.1, 0.15) is 5.78 Å². The second-order valence-corrected chi connectivity index (χ2v) is 2.54. The van der Waals surface area contributed by atoms with Gasteiger partial charge in [-0.25, -0.2) is 0 Å². The second kappa shape index (κ2) is 3.95. The molecule has 0 aliphatic carbocycles. The number of guanidine groups is 1. The zero-order chi connectivity index (χ0) is 8.10. The van der Waals surface area contributed by atoms with E-state index in [1.807, 2.05) is 0 Å². The first kappa shape index (κ1) is 8.04. The molecule has 0 aromatic carbocycles. The molecule has 0 bridgehead atoms. The van der Waals surface area contributed by atoms with Crippen LogP contribution in [-0.4, -0.2) is 31.4 Å². The fraction of sp³-hybridized carbons (Fsp3) is 0.714. The average molecular weight is 155 g/mol. The van der Waals surface area contributed by atoms with Crippen molar-refractivity contribution in [2.45, 2.75) is 13.3 Å². The number of hydrogen-bond donors (Lipinski definition) is 2. The van der Waals surface area contributed by atoms with Crippen LogP contribution in [0.4, 0.5) is 0 Å². The number of nitrogens with zero attached hydrogens (tertiary/aromatic N) is 1. The fourth-order valence-electron chi connectivity index (χ4n) is 0.873. The lowest BCUT2D eigenvalue weighted by atomic mass is 10.3. The van der Waals surface area contributed by atoms with E-state index in [-0.39, 0.29) is 5.78 Å². The van der Waals surface area contributed by atoms with Crippen LogP contribution in [-0.2, 0) is 4.79 Å². The van der Waals surface area contributed by atoms with Gasteiger partial charge in [-0.05, 0) is 6.92 Å². The summed E-state index contributed by atoms with van der Waals surface area (Å²) in [5.41, 5.74) is 0. The van der Waals surface area contributed by atoms with Gasteiger partial charge in [0.25, 0.3) is 0 Å². The van der Waals surface area contributed by atoms with Gasteiger partial charge in [-0.3, -0.25) is 9.79 Å². The fourth-order valence-corrected chi connectivity index (χ4v) is 0.873. The molecule has 1 rings (SSSR count). The van der Waals surface area contributed by atoms with Crippen molar-refractivity contribution in [1.82, 2.24) is 10.6 Å². The molecule has 0 radical (unpaired) electrons. The van der Waals surface area contributed by atoms with Crippen LogP contribution in [0.25, 0.3) is 0 Å². The normalized spacial score (nSPS) is 15.5. The number of aliphatic imine (C=N–C) groups is 1. The maximum Gasteiger partial charge on any atom is 0.191 e. The number of ketones is 1. The highest BCUT2D eigenvalue weighted by molar-refractivity contribution is 5.82. The molecular formula is C7H13N3O. The first-order chi connectivity index (χ1) is 5.29. The van der Waals surface area contributed by atoms with Crippen molar-refractivity contribution in [3.63, 3.8) is 0 Å². The molecule has 0 amide bonds. The number of hydrogen-bond acceptors (Lipinski definition) is 4. The van der Waals surface area contributed by atoms with Gasteiger partial charge in [-0.15, -0.1) is 0 Å². The molecule has 0 spiro atoms. The van der Waals surface area contributed by atoms with E-state index in [1.165, 1.54) is 0 Å². The summed E-state index contributed by atoms with van der Waals surface area (Å²) < 4.78 is 0. The van der Waals surface area contributed by atoms with E-state index in [0.717, 1.165) is 19.0 Å². The summed E-state index contributed by atoms with van der Waals surface area (Å²) in [5, 5.41) is 6.09. The number of carbonyl (C=O) groups is 1. The summed E-state index contributed by atoms with van der Waals surface area (Å²) in [6.45, 7) is 4.01. The molecular weight excluding hydrogens is 142 g/mol. The van der Waals surface area contributed by atoms with Crippen molar-refractivity contribution in [2.75, 3.05) is 19.6 Å². The molecule has 1 heterocycles. The van der Waals surface area contributed by atoms with Crippen LogP contribution in [0.3, 0.4) is 0 Å². The third kappa shape index (κ3) is 3.02. The third-order valence-corrected chi connectivity index (χ3v) is 1.44. The Kier molecular flexibility index (Phi) is 2.89. The highest BCUT2D eigenvalue weighted by atomic mass is 16.1. The first-order valence-corrected chi connectivity index (χ1v) is 3.80. The van der Waals surface area contributed by atoms with Crippen molar-refractivity contribution in [1.29, 1.82) is 0 Å². The van der Waals surface area contributed by atoms with E-state index < -0.39 is 0 Å². The Hall–Kier alpha value is -1.06. The van der Waals surface area contributed by atoms with Crippen LogP contribution in [0.5, 0.6) is 0 Å². The first-order valence-electron chi connectivity index (χ1n) is 3.80. The number of nitrogens with one attached hydrogen (secondary N) is 2. The van der Waals surface area contributed by atoms with Crippen LogP contribution in [0.15, 0.2) is 4.99 Å². The topological polar surface area (TPSA) is 53.5 Å². The Morgan fingerprint density at radius 3 is 3.18 bits per heavy atom. The Bertz CT molecular complexity index is 177. The van der Waals surface area contributed by atoms with Gasteiger partial charge in [-0.1, -0.05) is 0 Å². The van der Waals surface area contributed by atoms with E-state index in [2.05, 4.69) is 15.6 Å².